The molecule has 0 radical (unpaired) electrons. The molecule has 0 aromatic heterocycles. The highest BCUT2D eigenvalue weighted by molar-refractivity contribution is 5.91. The smallest absolute Gasteiger partial charge is 0.306 e. The summed E-state index contributed by atoms with van der Waals surface area (Å²) < 4.78 is 18.4. The van der Waals surface area contributed by atoms with Gasteiger partial charge in [-0.3, -0.25) is 9.59 Å². The first-order valence-corrected chi connectivity index (χ1v) is 14.8. The van der Waals surface area contributed by atoms with E-state index in [9.17, 15) is 19.5 Å². The second-order valence-corrected chi connectivity index (χ2v) is 12.0. The van der Waals surface area contributed by atoms with Gasteiger partial charge >= 0.3 is 5.97 Å². The number of carbonyl (C=O) groups excluding carboxylic acids is 3. The zero-order chi connectivity index (χ0) is 30.0. The summed E-state index contributed by atoms with van der Waals surface area (Å²) in [6.45, 7) is 9.95. The van der Waals surface area contributed by atoms with Gasteiger partial charge in [0.15, 0.2) is 12.1 Å². The third kappa shape index (κ3) is 9.87. The van der Waals surface area contributed by atoms with E-state index in [0.717, 1.165) is 11.9 Å². The molecule has 2 aliphatic rings. The molecule has 0 saturated carbocycles. The van der Waals surface area contributed by atoms with E-state index in [1.807, 2.05) is 59.7 Å². The lowest BCUT2D eigenvalue weighted by Gasteiger charge is -2.44. The van der Waals surface area contributed by atoms with Gasteiger partial charge in [0, 0.05) is 37.3 Å². The number of cyclic esters (lactones) is 1. The molecular formula is C31H52N2O7. The summed E-state index contributed by atoms with van der Waals surface area (Å²) in [7, 11) is 3.82. The predicted molar refractivity (Wildman–Crippen MR) is 154 cm³/mol. The van der Waals surface area contributed by atoms with Crippen LogP contribution in [0.15, 0.2) is 23.8 Å². The standard InChI is InChI=1S/C31H52N2O7/c1-8-27-24(18-32)15-19(2)9-11-26(35)21(4)16-23(13-14-34)30(20(3)10-12-28(36)39-27)40-31-29(37)25(33(6)7)17-22(5)38-31/h9,11,14-15,20-25,27,29-31,37H,8,10,12-13,16-18,32H2,1-7H3/b11-9+,19-15+/t20-,21+,22?,23-,24?,25?,27+,29?,30+,31?/m0/s1. The molecule has 2 aliphatic heterocycles. The maximum atomic E-state index is 13.1. The van der Waals surface area contributed by atoms with Crippen molar-refractivity contribution in [3.8, 4) is 0 Å². The number of ether oxygens (including phenoxy) is 3. The molecule has 10 atom stereocenters. The second kappa shape index (κ2) is 16.5. The number of likely N-dealkylation sites (N-methyl/N-ethyl adjacent to an activating group) is 1. The van der Waals surface area contributed by atoms with Crippen molar-refractivity contribution in [3.05, 3.63) is 23.8 Å². The second-order valence-electron chi connectivity index (χ2n) is 12.0. The Hall–Kier alpha value is -1.91. The summed E-state index contributed by atoms with van der Waals surface area (Å²) in [5.74, 6) is -1.36. The molecule has 3 N–H and O–H groups in total. The van der Waals surface area contributed by atoms with Gasteiger partial charge in [-0.05, 0) is 71.5 Å². The normalized spacial score (nSPS) is 39.3. The first-order valence-electron chi connectivity index (χ1n) is 14.8. The average molecular weight is 565 g/mol. The van der Waals surface area contributed by atoms with Crippen LogP contribution in [0.4, 0.5) is 0 Å². The number of nitrogens with zero attached hydrogens (tertiary/aromatic N) is 1. The van der Waals surface area contributed by atoms with Crippen LogP contribution >= 0.6 is 0 Å². The number of hydrogen-bond donors (Lipinski definition) is 2. The molecule has 2 heterocycles. The minimum Gasteiger partial charge on any atom is -0.462 e. The van der Waals surface area contributed by atoms with Crippen LogP contribution in [0.3, 0.4) is 0 Å². The Morgan fingerprint density at radius 2 is 1.88 bits per heavy atom. The molecule has 9 heteroatoms. The Bertz CT molecular complexity index is 889. The van der Waals surface area contributed by atoms with Crippen LogP contribution in [0.25, 0.3) is 0 Å². The van der Waals surface area contributed by atoms with Crippen molar-refractivity contribution in [3.63, 3.8) is 0 Å². The van der Waals surface area contributed by atoms with Gasteiger partial charge in [-0.25, -0.2) is 0 Å². The molecule has 2 rings (SSSR count). The van der Waals surface area contributed by atoms with E-state index in [-0.39, 0.29) is 66.5 Å². The fourth-order valence-electron chi connectivity index (χ4n) is 5.89. The van der Waals surface area contributed by atoms with E-state index in [1.165, 1.54) is 0 Å². The maximum Gasteiger partial charge on any atom is 0.306 e. The van der Waals surface area contributed by atoms with Crippen LogP contribution in [-0.4, -0.2) is 85.4 Å². The van der Waals surface area contributed by atoms with Crippen LogP contribution in [0.1, 0.15) is 73.1 Å². The largest absolute Gasteiger partial charge is 0.462 e. The fraction of sp³-hybridized carbons (Fsp3) is 0.774. The highest BCUT2D eigenvalue weighted by Gasteiger charge is 2.41. The number of nitrogens with two attached hydrogens (primary N) is 1. The van der Waals surface area contributed by atoms with Crippen molar-refractivity contribution < 1.29 is 33.7 Å². The van der Waals surface area contributed by atoms with Crippen LogP contribution in [0.2, 0.25) is 0 Å². The van der Waals surface area contributed by atoms with Crippen LogP contribution < -0.4 is 5.73 Å². The van der Waals surface area contributed by atoms with E-state index in [2.05, 4.69) is 0 Å². The van der Waals surface area contributed by atoms with Gasteiger partial charge in [0.1, 0.15) is 18.5 Å². The fourth-order valence-corrected chi connectivity index (χ4v) is 5.89. The lowest BCUT2D eigenvalue weighted by atomic mass is 9.80. The topological polar surface area (TPSA) is 128 Å². The predicted octanol–water partition coefficient (Wildman–Crippen LogP) is 3.43. The Kier molecular flexibility index (Phi) is 14.2. The highest BCUT2D eigenvalue weighted by Crippen LogP contribution is 2.33. The Labute approximate surface area is 240 Å². The van der Waals surface area contributed by atoms with E-state index in [4.69, 9.17) is 19.9 Å². The van der Waals surface area contributed by atoms with Gasteiger partial charge < -0.3 is 34.7 Å². The van der Waals surface area contributed by atoms with Crippen LogP contribution in [0, 0.1) is 23.7 Å². The van der Waals surface area contributed by atoms with Gasteiger partial charge in [-0.2, -0.15) is 0 Å². The van der Waals surface area contributed by atoms with Crippen molar-refractivity contribution in [1.82, 2.24) is 4.90 Å². The zero-order valence-electron chi connectivity index (χ0n) is 25.5. The molecule has 5 unspecified atom stereocenters. The quantitative estimate of drug-likeness (QED) is 0.353. The molecule has 40 heavy (non-hydrogen) atoms. The first kappa shape index (κ1) is 34.3. The van der Waals surface area contributed by atoms with Gasteiger partial charge in [0.25, 0.3) is 0 Å². The lowest BCUT2D eigenvalue weighted by molar-refractivity contribution is -0.280. The van der Waals surface area contributed by atoms with Gasteiger partial charge in [-0.1, -0.05) is 38.5 Å². The van der Waals surface area contributed by atoms with Gasteiger partial charge in [0.05, 0.1) is 12.2 Å². The monoisotopic (exact) mass is 564 g/mol. The van der Waals surface area contributed by atoms with Gasteiger partial charge in [-0.15, -0.1) is 0 Å². The SMILES string of the molecule is CC[C@H]1OC(=O)CC[C@H](C)[C@@H](OC2OC(C)CC(N(C)C)C2O)[C@@H](CC=O)C[C@@H](C)C(=O)/C=C/C(C)=C/C1CN. The maximum absolute atomic E-state index is 13.1. The summed E-state index contributed by atoms with van der Waals surface area (Å²) in [5.41, 5.74) is 6.89. The van der Waals surface area contributed by atoms with E-state index in [1.54, 1.807) is 12.2 Å². The van der Waals surface area contributed by atoms with Gasteiger partial charge in [0.2, 0.25) is 0 Å². The molecule has 0 amide bonds. The summed E-state index contributed by atoms with van der Waals surface area (Å²) >= 11 is 0. The van der Waals surface area contributed by atoms with Crippen molar-refractivity contribution in [1.29, 1.82) is 0 Å². The zero-order valence-corrected chi connectivity index (χ0v) is 25.5. The Balaban J connectivity index is 2.43. The molecule has 0 aliphatic carbocycles. The number of ketones is 1. The molecule has 228 valence electrons. The Morgan fingerprint density at radius 3 is 2.48 bits per heavy atom. The number of esters is 1. The number of carbonyl (C=O) groups is 3. The summed E-state index contributed by atoms with van der Waals surface area (Å²) in [5, 5.41) is 11.1. The number of rotatable bonds is 7. The number of aliphatic hydroxyl groups excluding tert-OH is 1. The molecular weight excluding hydrogens is 512 g/mol. The van der Waals surface area contributed by atoms with E-state index in [0.29, 0.717) is 32.2 Å². The molecule has 0 aromatic carbocycles. The summed E-state index contributed by atoms with van der Waals surface area (Å²) in [6.07, 6.45) is 5.82. The molecule has 1 fully saturated rings. The van der Waals surface area contributed by atoms with Crippen molar-refractivity contribution in [2.45, 2.75) is 110 Å². The molecule has 9 nitrogen and oxygen atoms in total. The molecule has 0 spiro atoms. The van der Waals surface area contributed by atoms with E-state index < -0.39 is 18.5 Å². The third-order valence-electron chi connectivity index (χ3n) is 8.36. The number of aldehydes is 1. The Morgan fingerprint density at radius 1 is 1.18 bits per heavy atom. The van der Waals surface area contributed by atoms with Crippen molar-refractivity contribution in [2.75, 3.05) is 20.6 Å². The average Bonchev–Trinajstić information content (AvgIpc) is 2.91. The summed E-state index contributed by atoms with van der Waals surface area (Å²) in [6, 6.07) is -0.154. The summed E-state index contributed by atoms with van der Waals surface area (Å²) in [4.78, 5) is 39.8. The number of hydrogen-bond acceptors (Lipinski definition) is 9. The third-order valence-corrected chi connectivity index (χ3v) is 8.36. The number of allylic oxidation sites excluding steroid dienone is 3. The minimum absolute atomic E-state index is 0.0415. The first-order chi connectivity index (χ1) is 18.9. The lowest BCUT2D eigenvalue weighted by Crippen LogP contribution is -2.55. The van der Waals surface area contributed by atoms with Crippen molar-refractivity contribution >= 4 is 18.0 Å². The molecule has 0 aromatic rings. The van der Waals surface area contributed by atoms with Crippen LogP contribution in [-0.2, 0) is 28.6 Å². The minimum atomic E-state index is -0.899. The van der Waals surface area contributed by atoms with Crippen molar-refractivity contribution in [2.24, 2.45) is 29.4 Å². The highest BCUT2D eigenvalue weighted by atomic mass is 16.7. The number of aliphatic hydroxyl groups is 1. The van der Waals surface area contributed by atoms with Crippen LogP contribution in [0.5, 0.6) is 0 Å². The van der Waals surface area contributed by atoms with E-state index >= 15 is 0 Å². The molecule has 1 saturated heterocycles. The molecule has 0 bridgehead atoms.